The average Bonchev–Trinajstić information content (AvgIpc) is 3.56. The Morgan fingerprint density at radius 1 is 1.17 bits per heavy atom. The van der Waals surface area contributed by atoms with Crippen LogP contribution in [0, 0.1) is 0 Å². The Balaban J connectivity index is 1.33. The molecule has 2 N–H and O–H groups in total. The van der Waals surface area contributed by atoms with Crippen LogP contribution in [0.2, 0.25) is 0 Å². The van der Waals surface area contributed by atoms with Crippen molar-refractivity contribution in [2.75, 3.05) is 24.8 Å². The van der Waals surface area contributed by atoms with Crippen molar-refractivity contribution in [3.05, 3.63) is 51.7 Å². The number of aryl methyl sites for hydroxylation is 1. The van der Waals surface area contributed by atoms with Gasteiger partial charge in [-0.2, -0.15) is 0 Å². The number of carbonyl (C=O) groups is 3. The minimum Gasteiger partial charge on any atom is -0.497 e. The Hall–Kier alpha value is -3.38. The van der Waals surface area contributed by atoms with Crippen molar-refractivity contribution >= 4 is 45.9 Å². The maximum atomic E-state index is 12.7. The SMILES string of the molecule is CCOC(=O)c1c(NC(=O)CSc2nnc(CNC(=O)c3ccc(OC)cc3)n2C)sc2c1CCC2. The smallest absolute Gasteiger partial charge is 0.341 e. The van der Waals surface area contributed by atoms with Crippen LogP contribution in [0.15, 0.2) is 29.4 Å². The number of ether oxygens (including phenoxy) is 2. The summed E-state index contributed by atoms with van der Waals surface area (Å²) < 4.78 is 12.1. The van der Waals surface area contributed by atoms with Gasteiger partial charge in [-0.1, -0.05) is 11.8 Å². The summed E-state index contributed by atoms with van der Waals surface area (Å²) in [6.45, 7) is 2.23. The van der Waals surface area contributed by atoms with Crippen LogP contribution in [-0.2, 0) is 36.0 Å². The number of benzene rings is 1. The molecule has 2 amide bonds. The number of fused-ring (bicyclic) bond motifs is 1. The van der Waals surface area contributed by atoms with E-state index in [0.717, 1.165) is 29.7 Å². The van der Waals surface area contributed by atoms with Gasteiger partial charge < -0.3 is 24.7 Å². The average molecular weight is 530 g/mol. The zero-order chi connectivity index (χ0) is 25.7. The monoisotopic (exact) mass is 529 g/mol. The molecule has 0 aliphatic heterocycles. The molecule has 1 aliphatic rings. The van der Waals surface area contributed by atoms with E-state index in [1.807, 2.05) is 0 Å². The molecule has 1 aliphatic carbocycles. The molecule has 4 rings (SSSR count). The van der Waals surface area contributed by atoms with Gasteiger partial charge in [-0.15, -0.1) is 21.5 Å². The highest BCUT2D eigenvalue weighted by Gasteiger charge is 2.28. The summed E-state index contributed by atoms with van der Waals surface area (Å²) in [5, 5.41) is 15.0. The number of amides is 2. The first kappa shape index (κ1) is 25.7. The fourth-order valence-electron chi connectivity index (χ4n) is 3.83. The standard InChI is InChI=1S/C24H27N5O5S2/c1-4-34-23(32)20-16-6-5-7-17(16)36-22(20)26-19(30)13-35-24-28-27-18(29(24)2)12-25-21(31)14-8-10-15(33-3)11-9-14/h8-11H,4-7,12-13H2,1-3H3,(H,25,31)(H,26,30). The Kier molecular flexibility index (Phi) is 8.26. The highest BCUT2D eigenvalue weighted by atomic mass is 32.2. The first-order valence-corrected chi connectivity index (χ1v) is 13.3. The molecule has 0 unspecified atom stereocenters. The van der Waals surface area contributed by atoms with Gasteiger partial charge in [0.2, 0.25) is 5.91 Å². The molecule has 0 spiro atoms. The molecule has 0 bridgehead atoms. The van der Waals surface area contributed by atoms with Crippen molar-refractivity contribution in [1.29, 1.82) is 0 Å². The quantitative estimate of drug-likeness (QED) is 0.303. The second-order valence-corrected chi connectivity index (χ2v) is 10.0. The van der Waals surface area contributed by atoms with Gasteiger partial charge in [-0.25, -0.2) is 4.79 Å². The molecule has 190 valence electrons. The van der Waals surface area contributed by atoms with Crippen LogP contribution in [0.3, 0.4) is 0 Å². The summed E-state index contributed by atoms with van der Waals surface area (Å²) in [5.41, 5.74) is 1.99. The summed E-state index contributed by atoms with van der Waals surface area (Å²) >= 11 is 2.67. The van der Waals surface area contributed by atoms with E-state index in [4.69, 9.17) is 9.47 Å². The maximum Gasteiger partial charge on any atom is 0.341 e. The molecule has 12 heteroatoms. The first-order chi connectivity index (χ1) is 17.4. The highest BCUT2D eigenvalue weighted by molar-refractivity contribution is 7.99. The van der Waals surface area contributed by atoms with Crippen molar-refractivity contribution < 1.29 is 23.9 Å². The number of hydrogen-bond donors (Lipinski definition) is 2. The van der Waals surface area contributed by atoms with Crippen molar-refractivity contribution in [1.82, 2.24) is 20.1 Å². The number of thioether (sulfide) groups is 1. The van der Waals surface area contributed by atoms with Gasteiger partial charge in [0, 0.05) is 17.5 Å². The van der Waals surface area contributed by atoms with E-state index in [9.17, 15) is 14.4 Å². The summed E-state index contributed by atoms with van der Waals surface area (Å²) in [6.07, 6.45) is 2.74. The third kappa shape index (κ3) is 5.71. The van der Waals surface area contributed by atoms with Crippen molar-refractivity contribution in [2.24, 2.45) is 7.05 Å². The summed E-state index contributed by atoms with van der Waals surface area (Å²) in [4.78, 5) is 38.7. The molecule has 0 saturated carbocycles. The lowest BCUT2D eigenvalue weighted by molar-refractivity contribution is -0.113. The zero-order valence-corrected chi connectivity index (χ0v) is 21.9. The Morgan fingerprint density at radius 3 is 2.67 bits per heavy atom. The lowest BCUT2D eigenvalue weighted by Crippen LogP contribution is -2.24. The predicted molar refractivity (Wildman–Crippen MR) is 137 cm³/mol. The van der Waals surface area contributed by atoms with Crippen molar-refractivity contribution in [3.63, 3.8) is 0 Å². The number of nitrogens with one attached hydrogen (secondary N) is 2. The van der Waals surface area contributed by atoms with Gasteiger partial charge in [0.05, 0.1) is 31.6 Å². The molecule has 10 nitrogen and oxygen atoms in total. The van der Waals surface area contributed by atoms with Crippen LogP contribution in [0.1, 0.15) is 50.3 Å². The second kappa shape index (κ2) is 11.6. The fraction of sp³-hybridized carbons (Fsp3) is 0.375. The van der Waals surface area contributed by atoms with Crippen LogP contribution in [0.25, 0.3) is 0 Å². The first-order valence-electron chi connectivity index (χ1n) is 11.5. The number of methoxy groups -OCH3 is 1. The van der Waals surface area contributed by atoms with Crippen LogP contribution in [-0.4, -0.2) is 52.0 Å². The van der Waals surface area contributed by atoms with Crippen LogP contribution < -0.4 is 15.4 Å². The minimum absolute atomic E-state index is 0.0923. The maximum absolute atomic E-state index is 12.7. The van der Waals surface area contributed by atoms with E-state index >= 15 is 0 Å². The molecule has 2 aromatic heterocycles. The molecule has 3 aromatic rings. The third-order valence-corrected chi connectivity index (χ3v) is 7.90. The molecule has 0 radical (unpaired) electrons. The molecule has 1 aromatic carbocycles. The van der Waals surface area contributed by atoms with Gasteiger partial charge in [0.15, 0.2) is 11.0 Å². The third-order valence-electron chi connectivity index (χ3n) is 5.67. The normalized spacial score (nSPS) is 12.2. The lowest BCUT2D eigenvalue weighted by Gasteiger charge is -2.08. The van der Waals surface area contributed by atoms with E-state index in [-0.39, 0.29) is 30.7 Å². The van der Waals surface area contributed by atoms with E-state index in [1.54, 1.807) is 49.9 Å². The number of carbonyl (C=O) groups excluding carboxylic acids is 3. The van der Waals surface area contributed by atoms with Crippen LogP contribution in [0.4, 0.5) is 5.00 Å². The molecule has 2 heterocycles. The lowest BCUT2D eigenvalue weighted by atomic mass is 10.1. The topological polar surface area (TPSA) is 124 Å². The second-order valence-electron chi connectivity index (χ2n) is 7.99. The van der Waals surface area contributed by atoms with Crippen molar-refractivity contribution in [2.45, 2.75) is 37.9 Å². The Labute approximate surface area is 216 Å². The number of rotatable bonds is 10. The fourth-order valence-corrected chi connectivity index (χ4v) is 5.86. The molecule has 0 fully saturated rings. The summed E-state index contributed by atoms with van der Waals surface area (Å²) in [5.74, 6) is 0.436. The van der Waals surface area contributed by atoms with E-state index in [0.29, 0.717) is 32.9 Å². The van der Waals surface area contributed by atoms with Gasteiger partial charge >= 0.3 is 5.97 Å². The van der Waals surface area contributed by atoms with E-state index in [1.165, 1.54) is 23.1 Å². The molecule has 36 heavy (non-hydrogen) atoms. The highest BCUT2D eigenvalue weighted by Crippen LogP contribution is 2.39. The summed E-state index contributed by atoms with van der Waals surface area (Å²) in [6, 6.07) is 6.80. The van der Waals surface area contributed by atoms with Gasteiger partial charge in [-0.3, -0.25) is 9.59 Å². The molecule has 0 saturated heterocycles. The number of esters is 1. The minimum atomic E-state index is -0.394. The van der Waals surface area contributed by atoms with Gasteiger partial charge in [0.1, 0.15) is 10.8 Å². The van der Waals surface area contributed by atoms with Gasteiger partial charge in [-0.05, 0) is 56.0 Å². The molecular formula is C24H27N5O5S2. The largest absolute Gasteiger partial charge is 0.497 e. The Bertz CT molecular complexity index is 1270. The number of thiophene rings is 1. The van der Waals surface area contributed by atoms with Crippen molar-refractivity contribution in [3.8, 4) is 5.75 Å². The molecular weight excluding hydrogens is 502 g/mol. The summed E-state index contributed by atoms with van der Waals surface area (Å²) in [7, 11) is 3.34. The number of aromatic nitrogens is 3. The molecule has 0 atom stereocenters. The van der Waals surface area contributed by atoms with E-state index < -0.39 is 5.97 Å². The van der Waals surface area contributed by atoms with Crippen LogP contribution >= 0.6 is 23.1 Å². The number of anilines is 1. The Morgan fingerprint density at radius 2 is 1.94 bits per heavy atom. The number of nitrogens with zero attached hydrogens (tertiary/aromatic N) is 3. The van der Waals surface area contributed by atoms with E-state index in [2.05, 4.69) is 20.8 Å². The zero-order valence-electron chi connectivity index (χ0n) is 20.3. The predicted octanol–water partition coefficient (Wildman–Crippen LogP) is 3.21. The van der Waals surface area contributed by atoms with Gasteiger partial charge in [0.25, 0.3) is 5.91 Å². The number of hydrogen-bond acceptors (Lipinski definition) is 9. The van der Waals surface area contributed by atoms with Crippen LogP contribution in [0.5, 0.6) is 5.75 Å².